The fraction of sp³-hybridized carbons (Fsp3) is 0.556. The van der Waals surface area contributed by atoms with Gasteiger partial charge in [-0.05, 0) is 6.92 Å². The van der Waals surface area contributed by atoms with Gasteiger partial charge in [-0.2, -0.15) is 9.37 Å². The molecule has 0 aromatic carbocycles. The van der Waals surface area contributed by atoms with E-state index in [4.69, 9.17) is 4.74 Å². The van der Waals surface area contributed by atoms with E-state index in [1.807, 2.05) is 4.90 Å². The summed E-state index contributed by atoms with van der Waals surface area (Å²) in [6, 6.07) is 1.91. The number of hydrogen-bond acceptors (Lipinski definition) is 8. The first-order valence-corrected chi connectivity index (χ1v) is 10.2. The van der Waals surface area contributed by atoms with Crippen LogP contribution in [0.4, 0.5) is 19.7 Å². The zero-order valence-electron chi connectivity index (χ0n) is 16.1. The number of carbonyl (C=O) groups is 1. The van der Waals surface area contributed by atoms with Gasteiger partial charge in [0.2, 0.25) is 17.7 Å². The van der Waals surface area contributed by atoms with Gasteiger partial charge < -0.3 is 15.0 Å². The van der Waals surface area contributed by atoms with Crippen molar-refractivity contribution < 1.29 is 18.3 Å². The van der Waals surface area contributed by atoms with Crippen molar-refractivity contribution in [1.82, 2.24) is 19.9 Å². The minimum Gasteiger partial charge on any atom is -0.473 e. The summed E-state index contributed by atoms with van der Waals surface area (Å²) in [6.45, 7) is 5.11. The first-order valence-electron chi connectivity index (χ1n) is 9.42. The molecule has 0 bridgehead atoms. The predicted octanol–water partition coefficient (Wildman–Crippen LogP) is 2.23. The highest BCUT2D eigenvalue weighted by Gasteiger charge is 2.32. The molecule has 2 aromatic rings. The van der Waals surface area contributed by atoms with E-state index in [0.717, 1.165) is 17.8 Å². The topological polar surface area (TPSA) is 83.5 Å². The van der Waals surface area contributed by atoms with Gasteiger partial charge in [-0.3, -0.25) is 9.69 Å². The molecule has 2 fully saturated rings. The van der Waals surface area contributed by atoms with E-state index in [1.165, 1.54) is 13.3 Å². The summed E-state index contributed by atoms with van der Waals surface area (Å²) in [5.74, 6) is 0.270. The smallest absolute Gasteiger partial charge is 0.230 e. The lowest BCUT2D eigenvalue weighted by atomic mass is 10.2. The van der Waals surface area contributed by atoms with E-state index in [0.29, 0.717) is 42.8 Å². The molecular weight excluding hydrogens is 402 g/mol. The van der Waals surface area contributed by atoms with Gasteiger partial charge in [0.05, 0.1) is 18.0 Å². The molecular formula is C18H22F2N6O2S. The molecule has 2 aliphatic rings. The van der Waals surface area contributed by atoms with E-state index in [1.54, 1.807) is 6.07 Å². The van der Waals surface area contributed by atoms with Crippen LogP contribution >= 0.6 is 11.3 Å². The number of aromatic nitrogens is 3. The molecule has 0 radical (unpaired) electrons. The molecule has 29 heavy (non-hydrogen) atoms. The van der Waals surface area contributed by atoms with Crippen molar-refractivity contribution in [3.63, 3.8) is 0 Å². The van der Waals surface area contributed by atoms with Crippen molar-refractivity contribution in [1.29, 1.82) is 0 Å². The van der Waals surface area contributed by atoms with Crippen LogP contribution in [0.5, 0.6) is 5.88 Å². The van der Waals surface area contributed by atoms with Gasteiger partial charge in [-0.15, -0.1) is 0 Å². The van der Waals surface area contributed by atoms with Crippen LogP contribution in [0, 0.1) is 5.95 Å². The van der Waals surface area contributed by atoms with Gasteiger partial charge in [-0.1, -0.05) is 11.3 Å². The molecule has 4 rings (SSSR count). The van der Waals surface area contributed by atoms with Crippen molar-refractivity contribution in [2.24, 2.45) is 0 Å². The molecule has 0 saturated carbocycles. The van der Waals surface area contributed by atoms with E-state index in [2.05, 4.69) is 32.1 Å². The van der Waals surface area contributed by atoms with Crippen LogP contribution in [-0.4, -0.2) is 63.7 Å². The normalized spacial score (nSPS) is 22.6. The average molecular weight is 424 g/mol. The molecule has 0 unspecified atom stereocenters. The van der Waals surface area contributed by atoms with Crippen molar-refractivity contribution in [3.05, 3.63) is 23.2 Å². The highest BCUT2D eigenvalue weighted by Crippen LogP contribution is 2.29. The maximum atomic E-state index is 14.1. The molecule has 11 heteroatoms. The van der Waals surface area contributed by atoms with Crippen molar-refractivity contribution >= 4 is 28.2 Å². The van der Waals surface area contributed by atoms with E-state index >= 15 is 0 Å². The Bertz CT molecular complexity index is 891. The summed E-state index contributed by atoms with van der Waals surface area (Å²) in [5.41, 5.74) is 0. The Balaban J connectivity index is 1.36. The summed E-state index contributed by atoms with van der Waals surface area (Å²) in [6.07, 6.45) is 1.29. The predicted molar refractivity (Wildman–Crippen MR) is 104 cm³/mol. The number of ether oxygens (including phenoxy) is 1. The summed E-state index contributed by atoms with van der Waals surface area (Å²) in [7, 11) is 0. The quantitative estimate of drug-likeness (QED) is 0.761. The number of rotatable bonds is 6. The molecule has 2 aromatic heterocycles. The number of alkyl halides is 1. The molecule has 8 nitrogen and oxygen atoms in total. The average Bonchev–Trinajstić information content (AvgIpc) is 3.14. The Morgan fingerprint density at radius 3 is 2.90 bits per heavy atom. The zero-order valence-corrected chi connectivity index (χ0v) is 17.0. The van der Waals surface area contributed by atoms with Gasteiger partial charge in [0.15, 0.2) is 5.13 Å². The summed E-state index contributed by atoms with van der Waals surface area (Å²) >= 11 is 1.14. The molecule has 1 amide bonds. The fourth-order valence-electron chi connectivity index (χ4n) is 3.52. The largest absolute Gasteiger partial charge is 0.473 e. The molecule has 2 saturated heterocycles. The summed E-state index contributed by atoms with van der Waals surface area (Å²) < 4.78 is 33.2. The molecule has 4 heterocycles. The highest BCUT2D eigenvalue weighted by molar-refractivity contribution is 7.15. The second-order valence-corrected chi connectivity index (χ2v) is 8.47. The Hall–Kier alpha value is -2.40. The Morgan fingerprint density at radius 1 is 1.38 bits per heavy atom. The lowest BCUT2D eigenvalue weighted by Gasteiger charge is -2.35. The number of amides is 1. The van der Waals surface area contributed by atoms with E-state index in [-0.39, 0.29) is 23.2 Å². The third-order valence-corrected chi connectivity index (χ3v) is 5.95. The number of nitrogens with zero attached hydrogens (tertiary/aromatic N) is 5. The van der Waals surface area contributed by atoms with Crippen LogP contribution < -0.4 is 15.0 Å². The van der Waals surface area contributed by atoms with Gasteiger partial charge in [0.1, 0.15) is 24.4 Å². The first kappa shape index (κ1) is 19.9. The lowest BCUT2D eigenvalue weighted by molar-refractivity contribution is -0.114. The number of nitrogens with one attached hydrogen (secondary N) is 1. The zero-order chi connectivity index (χ0) is 20.5. The minimum absolute atomic E-state index is 0.0936. The molecule has 0 aliphatic carbocycles. The van der Waals surface area contributed by atoms with Crippen molar-refractivity contribution in [3.8, 4) is 5.88 Å². The van der Waals surface area contributed by atoms with Crippen LogP contribution in [0.3, 0.4) is 0 Å². The van der Waals surface area contributed by atoms with Crippen molar-refractivity contribution in [2.45, 2.75) is 45.1 Å². The Labute approximate surface area is 170 Å². The summed E-state index contributed by atoms with van der Waals surface area (Å²) in [5, 5.41) is 2.78. The molecule has 1 N–H and O–H groups in total. The first-order chi connectivity index (χ1) is 13.9. The second-order valence-electron chi connectivity index (χ2n) is 7.38. The number of hydrogen-bond donors (Lipinski definition) is 1. The van der Waals surface area contributed by atoms with E-state index in [9.17, 15) is 13.6 Å². The SMILES string of the molecule is CC(=O)Nc1nc(F)c(CN2C[C@H](Oc3cc(N4CC(F)C4)ncn3)C[C@@H]2C)s1. The standard InChI is InChI=1S/C18H22F2N6O2S/c1-10-3-13(28-16-4-15(21-9-22-16)26-5-12(19)6-26)7-25(10)8-14-17(20)24-18(29-14)23-11(2)27/h4,9-10,12-13H,3,5-8H2,1-2H3,(H,23,24,27)/t10-,13+/m0/s1. The van der Waals surface area contributed by atoms with Gasteiger partial charge in [-0.25, -0.2) is 14.4 Å². The maximum absolute atomic E-state index is 14.1. The molecule has 156 valence electrons. The van der Waals surface area contributed by atoms with Gasteiger partial charge in [0.25, 0.3) is 0 Å². The van der Waals surface area contributed by atoms with E-state index < -0.39 is 12.1 Å². The highest BCUT2D eigenvalue weighted by atomic mass is 32.1. The lowest BCUT2D eigenvalue weighted by Crippen LogP contribution is -2.48. The number of anilines is 2. The number of likely N-dealkylation sites (tertiary alicyclic amines) is 1. The van der Waals surface area contributed by atoms with Gasteiger partial charge >= 0.3 is 0 Å². The summed E-state index contributed by atoms with van der Waals surface area (Å²) in [4.78, 5) is 27.6. The van der Waals surface area contributed by atoms with Crippen LogP contribution in [0.25, 0.3) is 0 Å². The van der Waals surface area contributed by atoms with Crippen LogP contribution in [0.15, 0.2) is 12.4 Å². The van der Waals surface area contributed by atoms with Crippen LogP contribution in [-0.2, 0) is 11.3 Å². The minimum atomic E-state index is -0.808. The monoisotopic (exact) mass is 424 g/mol. The second kappa shape index (κ2) is 8.15. The Morgan fingerprint density at radius 2 is 2.17 bits per heavy atom. The Kier molecular flexibility index (Phi) is 5.59. The third kappa shape index (κ3) is 4.61. The van der Waals surface area contributed by atoms with Crippen molar-refractivity contribution in [2.75, 3.05) is 29.9 Å². The third-order valence-electron chi connectivity index (χ3n) is 5.02. The number of thiazole rings is 1. The van der Waals surface area contributed by atoms with Crippen LogP contribution in [0.1, 0.15) is 25.1 Å². The van der Waals surface area contributed by atoms with Crippen LogP contribution in [0.2, 0.25) is 0 Å². The molecule has 2 atom stereocenters. The van der Waals surface area contributed by atoms with Gasteiger partial charge in [0, 0.05) is 38.5 Å². The molecule has 0 spiro atoms. The number of halogens is 2. The fourth-order valence-corrected chi connectivity index (χ4v) is 4.43. The molecule has 2 aliphatic heterocycles. The maximum Gasteiger partial charge on any atom is 0.230 e. The number of carbonyl (C=O) groups excluding carboxylic acids is 1.